The highest BCUT2D eigenvalue weighted by molar-refractivity contribution is 8.03. The van der Waals surface area contributed by atoms with Crippen LogP contribution in [0.15, 0.2) is 86.5 Å². The van der Waals surface area contributed by atoms with E-state index >= 15 is 0 Å². The van der Waals surface area contributed by atoms with E-state index in [1.807, 2.05) is 37.0 Å². The average molecular weight is 613 g/mol. The fraction of sp³-hybridized carbons (Fsp3) is 0.387. The number of nitrogens with zero attached hydrogens (tertiary/aromatic N) is 2. The number of anilines is 2. The molecular weight excluding hydrogens is 576 g/mol. The van der Waals surface area contributed by atoms with Crippen LogP contribution >= 0.6 is 11.8 Å². The van der Waals surface area contributed by atoms with Gasteiger partial charge in [-0.25, -0.2) is 0 Å². The molecule has 0 spiro atoms. The van der Waals surface area contributed by atoms with E-state index in [0.717, 1.165) is 33.5 Å². The lowest BCUT2D eigenvalue weighted by molar-refractivity contribution is -0.137. The van der Waals surface area contributed by atoms with Crippen molar-refractivity contribution in [2.45, 2.75) is 67.8 Å². The molecule has 42 heavy (non-hydrogen) atoms. The molecule has 2 aliphatic heterocycles. The third kappa shape index (κ3) is 5.46. The lowest BCUT2D eigenvalue weighted by atomic mass is 9.77. The van der Waals surface area contributed by atoms with Crippen LogP contribution in [0.2, 0.25) is 0 Å². The number of aliphatic carboxylic acids is 1. The molecule has 2 aromatic carbocycles. The Labute approximate surface area is 250 Å². The van der Waals surface area contributed by atoms with E-state index in [0.29, 0.717) is 36.9 Å². The third-order valence-corrected chi connectivity index (χ3v) is 10.3. The molecule has 0 saturated carbocycles. The van der Waals surface area contributed by atoms with E-state index in [2.05, 4.69) is 24.0 Å². The molecule has 0 bridgehead atoms. The lowest BCUT2D eigenvalue weighted by Crippen LogP contribution is -2.36. The zero-order valence-electron chi connectivity index (χ0n) is 23.8. The summed E-state index contributed by atoms with van der Waals surface area (Å²) >= 11 is 1.61. The maximum absolute atomic E-state index is 11.9. The predicted molar refractivity (Wildman–Crippen MR) is 163 cm³/mol. The summed E-state index contributed by atoms with van der Waals surface area (Å²) < 4.78 is 33.5. The topological polar surface area (TPSA) is 139 Å². The number of thioether (sulfide) groups is 1. The van der Waals surface area contributed by atoms with Gasteiger partial charge in [-0.2, -0.15) is 8.42 Å². The number of rotatable bonds is 10. The molecule has 0 fully saturated rings. The van der Waals surface area contributed by atoms with Crippen molar-refractivity contribution in [3.63, 3.8) is 0 Å². The summed E-state index contributed by atoms with van der Waals surface area (Å²) in [6.45, 7) is 7.21. The van der Waals surface area contributed by atoms with Gasteiger partial charge in [-0.1, -0.05) is 44.2 Å². The summed E-state index contributed by atoms with van der Waals surface area (Å²) in [7, 11) is -4.42. The Morgan fingerprint density at radius 1 is 1.07 bits per heavy atom. The van der Waals surface area contributed by atoms with Gasteiger partial charge < -0.3 is 25.1 Å². The van der Waals surface area contributed by atoms with Gasteiger partial charge in [0, 0.05) is 46.8 Å². The van der Waals surface area contributed by atoms with E-state index in [1.54, 1.807) is 23.9 Å². The molecule has 5 rings (SSSR count). The summed E-state index contributed by atoms with van der Waals surface area (Å²) in [6.07, 6.45) is 4.76. The SMILES string of the molecule is CCN1/C(=C/C2C(O)=C(/C=C3/N(CCCCCC(=O)O)c4ccc(S(=O)(=O)O)cc4C3(C)C)C2O)Sc2ccccc21. The van der Waals surface area contributed by atoms with Crippen molar-refractivity contribution in [3.8, 4) is 0 Å². The van der Waals surface area contributed by atoms with Crippen molar-refractivity contribution in [1.82, 2.24) is 0 Å². The Morgan fingerprint density at radius 2 is 1.81 bits per heavy atom. The zero-order valence-corrected chi connectivity index (χ0v) is 25.5. The molecule has 11 heteroatoms. The van der Waals surface area contributed by atoms with Gasteiger partial charge in [0.05, 0.1) is 27.6 Å². The summed E-state index contributed by atoms with van der Waals surface area (Å²) in [4.78, 5) is 16.0. The Bertz CT molecular complexity index is 1610. The monoisotopic (exact) mass is 612 g/mol. The van der Waals surface area contributed by atoms with Crippen molar-refractivity contribution >= 4 is 39.2 Å². The van der Waals surface area contributed by atoms with E-state index in [9.17, 15) is 28.0 Å². The molecule has 3 aliphatic rings. The van der Waals surface area contributed by atoms with E-state index in [4.69, 9.17) is 5.11 Å². The molecule has 0 amide bonds. The van der Waals surface area contributed by atoms with Crippen molar-refractivity contribution in [2.24, 2.45) is 5.92 Å². The number of carbonyl (C=O) groups is 1. The standard InChI is InChI=1S/C31H36N2O7S2/c1-4-32-24-10-7-8-11-25(24)41-27(32)18-21-29(36)20(30(21)37)17-26-31(2,3)22-16-19(42(38,39)40)13-14-23(22)33(26)15-9-5-6-12-28(34)35/h7-8,10-11,13-14,16-18,21,29,36-37H,4-6,9,12,15H2,1-3H3,(H,34,35)(H,38,39,40)/b26-17+,27-18-. The van der Waals surface area contributed by atoms with Crippen LogP contribution in [0, 0.1) is 5.92 Å². The number of hydrogen-bond acceptors (Lipinski definition) is 8. The summed E-state index contributed by atoms with van der Waals surface area (Å²) in [5, 5.41) is 32.3. The zero-order chi connectivity index (χ0) is 30.4. The highest BCUT2D eigenvalue weighted by Crippen LogP contribution is 2.51. The highest BCUT2D eigenvalue weighted by Gasteiger charge is 2.44. The second-order valence-corrected chi connectivity index (χ2v) is 13.8. The van der Waals surface area contributed by atoms with Crippen molar-refractivity contribution in [3.05, 3.63) is 82.2 Å². The molecule has 2 heterocycles. The quantitative estimate of drug-likeness (QED) is 0.191. The van der Waals surface area contributed by atoms with Crippen LogP contribution in [-0.2, 0) is 20.3 Å². The second-order valence-electron chi connectivity index (χ2n) is 11.3. The Morgan fingerprint density at radius 3 is 2.48 bits per heavy atom. The number of fused-ring (bicyclic) bond motifs is 2. The van der Waals surface area contributed by atoms with Gasteiger partial charge in [-0.15, -0.1) is 0 Å². The number of carboxylic acids is 1. The minimum absolute atomic E-state index is 0.0851. The second kappa shape index (κ2) is 11.4. The first-order chi connectivity index (χ1) is 19.8. The van der Waals surface area contributed by atoms with Crippen molar-refractivity contribution in [2.75, 3.05) is 22.9 Å². The number of unbranched alkanes of at least 4 members (excludes halogenated alkanes) is 2. The first-order valence-corrected chi connectivity index (χ1v) is 16.3. The maximum Gasteiger partial charge on any atom is 0.303 e. The van der Waals surface area contributed by atoms with Crippen LogP contribution in [0.4, 0.5) is 11.4 Å². The van der Waals surface area contributed by atoms with E-state index in [1.165, 1.54) is 12.1 Å². The Hall–Kier alpha value is -3.25. The summed E-state index contributed by atoms with van der Waals surface area (Å²) in [6, 6.07) is 12.6. The third-order valence-electron chi connectivity index (χ3n) is 8.27. The van der Waals surface area contributed by atoms with Gasteiger partial charge >= 0.3 is 5.97 Å². The van der Waals surface area contributed by atoms with Crippen LogP contribution in [-0.4, -0.2) is 53.5 Å². The first kappa shape index (κ1) is 30.2. The molecular formula is C31H36N2O7S2. The van der Waals surface area contributed by atoms with Crippen LogP contribution < -0.4 is 9.80 Å². The largest absolute Gasteiger partial charge is 0.511 e. The molecule has 4 N–H and O–H groups in total. The summed E-state index contributed by atoms with van der Waals surface area (Å²) in [5.74, 6) is -1.32. The minimum Gasteiger partial charge on any atom is -0.511 e. The fourth-order valence-corrected chi connectivity index (χ4v) is 7.68. The van der Waals surface area contributed by atoms with Gasteiger partial charge in [-0.05, 0) is 67.8 Å². The fourth-order valence-electron chi connectivity index (χ4n) is 5.96. The van der Waals surface area contributed by atoms with Crippen LogP contribution in [0.5, 0.6) is 0 Å². The molecule has 9 nitrogen and oxygen atoms in total. The molecule has 0 radical (unpaired) electrons. The highest BCUT2D eigenvalue weighted by atomic mass is 32.2. The number of benzene rings is 2. The molecule has 2 unspecified atom stereocenters. The molecule has 0 aromatic heterocycles. The predicted octanol–water partition coefficient (Wildman–Crippen LogP) is 5.84. The first-order valence-electron chi connectivity index (χ1n) is 14.1. The Balaban J connectivity index is 1.47. The number of para-hydroxylation sites is 1. The molecule has 224 valence electrons. The number of allylic oxidation sites excluding steroid dienone is 1. The van der Waals surface area contributed by atoms with Gasteiger partial charge in [0.1, 0.15) is 5.76 Å². The smallest absolute Gasteiger partial charge is 0.303 e. The van der Waals surface area contributed by atoms with Gasteiger partial charge in [0.15, 0.2) is 0 Å². The molecule has 1 aliphatic carbocycles. The van der Waals surface area contributed by atoms with Gasteiger partial charge in [0.2, 0.25) is 0 Å². The van der Waals surface area contributed by atoms with Crippen LogP contribution in [0.25, 0.3) is 0 Å². The normalized spacial score (nSPS) is 23.0. The van der Waals surface area contributed by atoms with Crippen molar-refractivity contribution in [1.29, 1.82) is 0 Å². The average Bonchev–Trinajstić information content (AvgIpc) is 3.40. The number of aliphatic hydroxyl groups is 2. The van der Waals surface area contributed by atoms with E-state index < -0.39 is 33.5 Å². The maximum atomic E-state index is 11.9. The van der Waals surface area contributed by atoms with Crippen molar-refractivity contribution < 1.29 is 33.1 Å². The van der Waals surface area contributed by atoms with Gasteiger partial charge in [-0.3, -0.25) is 9.35 Å². The minimum atomic E-state index is -4.42. The number of aliphatic hydroxyl groups excluding tert-OH is 2. The molecule has 2 aromatic rings. The number of carboxylic acid groups (broad SMARTS) is 1. The van der Waals surface area contributed by atoms with Crippen LogP contribution in [0.1, 0.15) is 52.0 Å². The number of hydrogen-bond donors (Lipinski definition) is 4. The molecule has 0 saturated heterocycles. The van der Waals surface area contributed by atoms with Gasteiger partial charge in [0.25, 0.3) is 10.1 Å². The van der Waals surface area contributed by atoms with E-state index in [-0.39, 0.29) is 17.1 Å². The molecule has 2 atom stereocenters. The Kier molecular flexibility index (Phi) is 8.23. The lowest BCUT2D eigenvalue weighted by Gasteiger charge is -2.35. The van der Waals surface area contributed by atoms with Crippen LogP contribution in [0.3, 0.4) is 0 Å². The summed E-state index contributed by atoms with van der Waals surface area (Å²) in [5.41, 5.74) is 3.03.